The van der Waals surface area contributed by atoms with Gasteiger partial charge in [0.15, 0.2) is 5.96 Å². The van der Waals surface area contributed by atoms with Crippen molar-refractivity contribution in [2.45, 2.75) is 39.3 Å². The zero-order valence-corrected chi connectivity index (χ0v) is 16.9. The number of guanidine groups is 1. The molecular weight excluding hydrogens is 399 g/mol. The van der Waals surface area contributed by atoms with Gasteiger partial charge in [0.2, 0.25) is 0 Å². The summed E-state index contributed by atoms with van der Waals surface area (Å²) in [6.07, 6.45) is 6.62. The lowest BCUT2D eigenvalue weighted by molar-refractivity contribution is 0.633. The van der Waals surface area contributed by atoms with Crippen LogP contribution in [0.3, 0.4) is 0 Å². The molecule has 0 atom stereocenters. The highest BCUT2D eigenvalue weighted by Crippen LogP contribution is 2.21. The average Bonchev–Trinajstić information content (AvgIpc) is 2.98. The van der Waals surface area contributed by atoms with Gasteiger partial charge in [-0.25, -0.2) is 4.99 Å². The van der Waals surface area contributed by atoms with Crippen LogP contribution in [0.25, 0.3) is 0 Å². The van der Waals surface area contributed by atoms with Crippen molar-refractivity contribution in [3.63, 3.8) is 0 Å². The predicted molar refractivity (Wildman–Crippen MR) is 111 cm³/mol. The molecule has 0 heterocycles. The molecule has 0 saturated carbocycles. The van der Waals surface area contributed by atoms with E-state index in [0.29, 0.717) is 12.6 Å². The Bertz CT molecular complexity index is 544. The van der Waals surface area contributed by atoms with E-state index in [2.05, 4.69) is 73.8 Å². The number of rotatable bonds is 5. The topological polar surface area (TPSA) is 39.7 Å². The molecule has 2 N–H and O–H groups in total. The molecule has 128 valence electrons. The Morgan fingerprint density at radius 1 is 1.26 bits per heavy atom. The molecule has 1 aliphatic carbocycles. The van der Waals surface area contributed by atoms with Gasteiger partial charge in [-0.05, 0) is 43.9 Å². The maximum Gasteiger partial charge on any atom is 0.191 e. The smallest absolute Gasteiger partial charge is 0.191 e. The summed E-state index contributed by atoms with van der Waals surface area (Å²) in [7, 11) is 4.16. The Balaban J connectivity index is 0.00000264. The molecule has 1 aliphatic rings. The van der Waals surface area contributed by atoms with E-state index in [-0.39, 0.29) is 24.0 Å². The van der Waals surface area contributed by atoms with Crippen molar-refractivity contribution in [3.8, 4) is 0 Å². The molecule has 0 spiro atoms. The zero-order chi connectivity index (χ0) is 15.9. The largest absolute Gasteiger partial charge is 0.377 e. The number of benzene rings is 1. The van der Waals surface area contributed by atoms with Crippen LogP contribution in [0.1, 0.15) is 30.9 Å². The van der Waals surface area contributed by atoms with Gasteiger partial charge < -0.3 is 15.5 Å². The summed E-state index contributed by atoms with van der Waals surface area (Å²) in [6, 6.07) is 7.02. The van der Waals surface area contributed by atoms with Crippen LogP contribution in [-0.4, -0.2) is 32.6 Å². The standard InChI is InChI=1S/C18H28N4.HI/c1-5-19-18(21-16-8-6-7-9-16)20-13-15-11-10-14(2)12-17(15)22(3)4;/h6-7,10-12,16H,5,8-9,13H2,1-4H3,(H2,19,20,21);1H. The van der Waals surface area contributed by atoms with E-state index in [1.165, 1.54) is 16.8 Å². The van der Waals surface area contributed by atoms with Gasteiger partial charge in [-0.15, -0.1) is 24.0 Å². The summed E-state index contributed by atoms with van der Waals surface area (Å²) in [4.78, 5) is 6.91. The Kier molecular flexibility index (Phi) is 8.44. The summed E-state index contributed by atoms with van der Waals surface area (Å²) in [5, 5.41) is 6.85. The zero-order valence-electron chi connectivity index (χ0n) is 14.6. The summed E-state index contributed by atoms with van der Waals surface area (Å²) in [5.74, 6) is 0.904. The van der Waals surface area contributed by atoms with Gasteiger partial charge >= 0.3 is 0 Å². The molecular formula is C18H29IN4. The van der Waals surface area contributed by atoms with Crippen molar-refractivity contribution in [2.24, 2.45) is 4.99 Å². The van der Waals surface area contributed by atoms with E-state index in [1.54, 1.807) is 0 Å². The van der Waals surface area contributed by atoms with E-state index in [4.69, 9.17) is 4.99 Å². The van der Waals surface area contributed by atoms with Gasteiger partial charge in [-0.2, -0.15) is 0 Å². The molecule has 4 nitrogen and oxygen atoms in total. The minimum absolute atomic E-state index is 0. The summed E-state index contributed by atoms with van der Waals surface area (Å²) < 4.78 is 0. The molecule has 0 aromatic heterocycles. The van der Waals surface area contributed by atoms with Crippen molar-refractivity contribution in [3.05, 3.63) is 41.5 Å². The number of aryl methyl sites for hydroxylation is 1. The fourth-order valence-electron chi connectivity index (χ4n) is 2.64. The molecule has 0 radical (unpaired) electrons. The third kappa shape index (κ3) is 6.05. The number of hydrogen-bond acceptors (Lipinski definition) is 2. The van der Waals surface area contributed by atoms with Gasteiger partial charge in [0.25, 0.3) is 0 Å². The normalized spacial score (nSPS) is 14.5. The number of halogens is 1. The summed E-state index contributed by atoms with van der Waals surface area (Å²) >= 11 is 0. The third-order valence-electron chi connectivity index (χ3n) is 3.82. The fraction of sp³-hybridized carbons (Fsp3) is 0.500. The van der Waals surface area contributed by atoms with Gasteiger partial charge in [0.1, 0.15) is 0 Å². The Morgan fingerprint density at radius 2 is 1.96 bits per heavy atom. The lowest BCUT2D eigenvalue weighted by Gasteiger charge is -2.19. The number of nitrogens with zero attached hydrogens (tertiary/aromatic N) is 2. The Morgan fingerprint density at radius 3 is 2.57 bits per heavy atom. The Hall–Kier alpha value is -1.24. The highest BCUT2D eigenvalue weighted by atomic mass is 127. The Labute approximate surface area is 157 Å². The van der Waals surface area contributed by atoms with Gasteiger partial charge in [0, 0.05) is 32.4 Å². The number of hydrogen-bond donors (Lipinski definition) is 2. The van der Waals surface area contributed by atoms with Crippen LogP contribution < -0.4 is 15.5 Å². The lowest BCUT2D eigenvalue weighted by atomic mass is 10.1. The van der Waals surface area contributed by atoms with Gasteiger partial charge in [0.05, 0.1) is 6.54 Å². The number of anilines is 1. The molecule has 0 bridgehead atoms. The second-order valence-electron chi connectivity index (χ2n) is 6.01. The number of aliphatic imine (C=N–C) groups is 1. The van der Waals surface area contributed by atoms with Crippen molar-refractivity contribution < 1.29 is 0 Å². The quantitative estimate of drug-likeness (QED) is 0.327. The summed E-state index contributed by atoms with van der Waals surface area (Å²) in [5.41, 5.74) is 3.76. The number of nitrogens with one attached hydrogen (secondary N) is 2. The van der Waals surface area contributed by atoms with E-state index in [1.807, 2.05) is 0 Å². The van der Waals surface area contributed by atoms with Crippen molar-refractivity contribution in [1.82, 2.24) is 10.6 Å². The first-order valence-electron chi connectivity index (χ1n) is 8.07. The molecule has 5 heteroatoms. The van der Waals surface area contributed by atoms with E-state index in [9.17, 15) is 0 Å². The van der Waals surface area contributed by atoms with Crippen LogP contribution in [0.15, 0.2) is 35.3 Å². The van der Waals surface area contributed by atoms with Crippen LogP contribution in [0.5, 0.6) is 0 Å². The van der Waals surface area contributed by atoms with Crippen LogP contribution in [-0.2, 0) is 6.54 Å². The van der Waals surface area contributed by atoms with Crippen molar-refractivity contribution >= 4 is 35.6 Å². The maximum atomic E-state index is 4.76. The monoisotopic (exact) mass is 428 g/mol. The summed E-state index contributed by atoms with van der Waals surface area (Å²) in [6.45, 7) is 5.78. The molecule has 1 aromatic carbocycles. The minimum Gasteiger partial charge on any atom is -0.377 e. The molecule has 2 rings (SSSR count). The van der Waals surface area contributed by atoms with Crippen LogP contribution in [0.4, 0.5) is 5.69 Å². The SMILES string of the molecule is CCNC(=NCc1ccc(C)cc1N(C)C)NC1CC=CC1.I. The minimum atomic E-state index is 0. The molecule has 0 saturated heterocycles. The maximum absolute atomic E-state index is 4.76. The second-order valence-corrected chi connectivity index (χ2v) is 6.01. The molecule has 0 aliphatic heterocycles. The molecule has 0 fully saturated rings. The highest BCUT2D eigenvalue weighted by molar-refractivity contribution is 14.0. The van der Waals surface area contributed by atoms with E-state index in [0.717, 1.165) is 25.3 Å². The third-order valence-corrected chi connectivity index (χ3v) is 3.82. The molecule has 0 amide bonds. The predicted octanol–water partition coefficient (Wildman–Crippen LogP) is 3.45. The van der Waals surface area contributed by atoms with E-state index >= 15 is 0 Å². The van der Waals surface area contributed by atoms with E-state index < -0.39 is 0 Å². The molecule has 0 unspecified atom stereocenters. The lowest BCUT2D eigenvalue weighted by Crippen LogP contribution is -2.42. The molecule has 23 heavy (non-hydrogen) atoms. The van der Waals surface area contributed by atoms with Crippen molar-refractivity contribution in [1.29, 1.82) is 0 Å². The second kappa shape index (κ2) is 9.80. The van der Waals surface area contributed by atoms with Crippen LogP contribution in [0.2, 0.25) is 0 Å². The van der Waals surface area contributed by atoms with Gasteiger partial charge in [-0.1, -0.05) is 24.3 Å². The van der Waals surface area contributed by atoms with Crippen LogP contribution in [0, 0.1) is 6.92 Å². The first-order chi connectivity index (χ1) is 10.6. The van der Waals surface area contributed by atoms with Gasteiger partial charge in [-0.3, -0.25) is 0 Å². The highest BCUT2D eigenvalue weighted by Gasteiger charge is 2.12. The first kappa shape index (κ1) is 19.8. The van der Waals surface area contributed by atoms with Crippen LogP contribution >= 0.6 is 24.0 Å². The average molecular weight is 428 g/mol. The molecule has 1 aromatic rings. The fourth-order valence-corrected chi connectivity index (χ4v) is 2.64. The van der Waals surface area contributed by atoms with Crippen molar-refractivity contribution in [2.75, 3.05) is 25.5 Å². The first-order valence-corrected chi connectivity index (χ1v) is 8.07.